The van der Waals surface area contributed by atoms with Crippen LogP contribution in [0.25, 0.3) is 0 Å². The van der Waals surface area contributed by atoms with Crippen LogP contribution in [0.5, 0.6) is 0 Å². The van der Waals surface area contributed by atoms with Crippen LogP contribution in [-0.2, 0) is 0 Å². The summed E-state index contributed by atoms with van der Waals surface area (Å²) in [5.74, 6) is 1.01. The average molecular weight is 294 g/mol. The van der Waals surface area contributed by atoms with Gasteiger partial charge in [-0.15, -0.1) is 0 Å². The molecule has 0 spiro atoms. The van der Waals surface area contributed by atoms with Gasteiger partial charge in [-0.25, -0.2) is 3.11 Å². The molecule has 0 aromatic rings. The van der Waals surface area contributed by atoms with Crippen LogP contribution >= 0.6 is 22.9 Å². The van der Waals surface area contributed by atoms with Gasteiger partial charge in [-0.2, -0.15) is 0 Å². The van der Waals surface area contributed by atoms with Gasteiger partial charge in [-0.3, -0.25) is 0 Å². The zero-order valence-electron chi connectivity index (χ0n) is 8.38. The Bertz CT molecular complexity index is 166. The Hall–Kier alpha value is 0.650. The van der Waals surface area contributed by atoms with Crippen LogP contribution in [0.4, 0.5) is 0 Å². The Morgan fingerprint density at radius 3 is 2.31 bits per heavy atom. The van der Waals surface area contributed by atoms with E-state index in [9.17, 15) is 0 Å². The minimum Gasteiger partial charge on any atom is -0.306 e. The molecule has 0 aliphatic carbocycles. The summed E-state index contributed by atoms with van der Waals surface area (Å²) in [6.45, 7) is 3.95. The van der Waals surface area contributed by atoms with Crippen molar-refractivity contribution in [2.75, 3.05) is 26.7 Å². The molecule has 2 heterocycles. The first-order valence-electron chi connectivity index (χ1n) is 5.36. The molecule has 2 saturated heterocycles. The third-order valence-electron chi connectivity index (χ3n) is 3.52. The van der Waals surface area contributed by atoms with Crippen molar-refractivity contribution in [3.05, 3.63) is 0 Å². The fourth-order valence-corrected chi connectivity index (χ4v) is 3.11. The Morgan fingerprint density at radius 2 is 1.85 bits per heavy atom. The van der Waals surface area contributed by atoms with Crippen molar-refractivity contribution >= 4 is 22.9 Å². The largest absolute Gasteiger partial charge is 0.306 e. The normalized spacial score (nSPS) is 33.2. The first-order valence-corrected chi connectivity index (χ1v) is 6.33. The van der Waals surface area contributed by atoms with Crippen LogP contribution in [0.1, 0.15) is 25.7 Å². The number of nitrogens with zero attached hydrogens (tertiary/aromatic N) is 2. The maximum Gasteiger partial charge on any atom is 0.0209 e. The molecule has 2 aliphatic heterocycles. The zero-order valence-corrected chi connectivity index (χ0v) is 10.5. The second kappa shape index (κ2) is 4.45. The second-order valence-electron chi connectivity index (χ2n) is 4.55. The second-order valence-corrected chi connectivity index (χ2v) is 5.79. The summed E-state index contributed by atoms with van der Waals surface area (Å²) in [7, 11) is 2.24. The predicted molar refractivity (Wildman–Crippen MR) is 64.0 cm³/mol. The molecular formula is C10H19IN2. The summed E-state index contributed by atoms with van der Waals surface area (Å²) in [5.41, 5.74) is 0. The Kier molecular flexibility index (Phi) is 3.48. The van der Waals surface area contributed by atoms with Gasteiger partial charge in [0.2, 0.25) is 0 Å². The van der Waals surface area contributed by atoms with Crippen LogP contribution in [-0.4, -0.2) is 40.7 Å². The van der Waals surface area contributed by atoms with Crippen molar-refractivity contribution in [1.29, 1.82) is 0 Å². The number of hydrogen-bond acceptors (Lipinski definition) is 2. The molecule has 1 unspecified atom stereocenters. The molecule has 76 valence electrons. The lowest BCUT2D eigenvalue weighted by atomic mass is 9.87. The number of rotatable bonds is 2. The van der Waals surface area contributed by atoms with E-state index in [0.29, 0.717) is 0 Å². The van der Waals surface area contributed by atoms with Crippen LogP contribution in [0.3, 0.4) is 0 Å². The number of hydrogen-bond donors (Lipinski definition) is 0. The van der Waals surface area contributed by atoms with Crippen molar-refractivity contribution in [3.63, 3.8) is 0 Å². The summed E-state index contributed by atoms with van der Waals surface area (Å²) in [6.07, 6.45) is 5.75. The maximum absolute atomic E-state index is 2.48. The van der Waals surface area contributed by atoms with E-state index in [1.807, 2.05) is 0 Å². The molecule has 0 aromatic heterocycles. The molecule has 2 nitrogen and oxygen atoms in total. The summed E-state index contributed by atoms with van der Waals surface area (Å²) in [4.78, 5) is 2.46. The molecule has 3 heteroatoms. The van der Waals surface area contributed by atoms with E-state index in [-0.39, 0.29) is 0 Å². The highest BCUT2D eigenvalue weighted by Gasteiger charge is 2.29. The van der Waals surface area contributed by atoms with Gasteiger partial charge in [0.25, 0.3) is 0 Å². The average Bonchev–Trinajstić information content (AvgIpc) is 2.15. The van der Waals surface area contributed by atoms with Crippen LogP contribution in [0.15, 0.2) is 0 Å². The van der Waals surface area contributed by atoms with Gasteiger partial charge in [-0.1, -0.05) is 0 Å². The lowest BCUT2D eigenvalue weighted by Gasteiger charge is -2.39. The van der Waals surface area contributed by atoms with E-state index in [1.54, 1.807) is 0 Å². The standard InChI is InChI=1S/C10H19IN2/c1-12-5-2-9(3-6-12)8-10-4-7-13(10)11/h9-10H,2-8H2,1H3. The monoisotopic (exact) mass is 294 g/mol. The highest BCUT2D eigenvalue weighted by molar-refractivity contribution is 14.1. The third-order valence-corrected chi connectivity index (χ3v) is 4.79. The summed E-state index contributed by atoms with van der Waals surface area (Å²) in [6, 6.07) is 0.911. The summed E-state index contributed by atoms with van der Waals surface area (Å²) < 4.78 is 2.48. The highest BCUT2D eigenvalue weighted by Crippen LogP contribution is 2.31. The summed E-state index contributed by atoms with van der Waals surface area (Å²) >= 11 is 2.48. The number of likely N-dealkylation sites (tertiary alicyclic amines) is 1. The molecule has 2 rings (SSSR count). The Labute approximate surface area is 95.2 Å². The van der Waals surface area contributed by atoms with E-state index in [4.69, 9.17) is 0 Å². The van der Waals surface area contributed by atoms with Crippen molar-refractivity contribution < 1.29 is 0 Å². The number of halogens is 1. The molecule has 2 aliphatic rings. The molecule has 13 heavy (non-hydrogen) atoms. The van der Waals surface area contributed by atoms with Crippen molar-refractivity contribution in [2.45, 2.75) is 31.7 Å². The van der Waals surface area contributed by atoms with Crippen LogP contribution < -0.4 is 0 Å². The van der Waals surface area contributed by atoms with Crippen molar-refractivity contribution in [2.24, 2.45) is 5.92 Å². The van der Waals surface area contributed by atoms with Gasteiger partial charge in [-0.05, 0) is 51.7 Å². The highest BCUT2D eigenvalue weighted by atomic mass is 127. The Morgan fingerprint density at radius 1 is 1.15 bits per heavy atom. The molecule has 0 saturated carbocycles. The van der Waals surface area contributed by atoms with E-state index in [2.05, 4.69) is 37.9 Å². The van der Waals surface area contributed by atoms with E-state index in [1.165, 1.54) is 45.3 Å². The predicted octanol–water partition coefficient (Wildman–Crippen LogP) is 2.14. The first-order chi connectivity index (χ1) is 6.25. The molecular weight excluding hydrogens is 275 g/mol. The van der Waals surface area contributed by atoms with E-state index < -0.39 is 0 Å². The van der Waals surface area contributed by atoms with E-state index in [0.717, 1.165) is 12.0 Å². The fraction of sp³-hybridized carbons (Fsp3) is 1.00. The molecule has 0 aromatic carbocycles. The molecule has 0 amide bonds. The molecule has 0 N–H and O–H groups in total. The molecule has 1 atom stereocenters. The Balaban J connectivity index is 1.70. The van der Waals surface area contributed by atoms with E-state index >= 15 is 0 Å². The minimum atomic E-state index is 0.911. The fourth-order valence-electron chi connectivity index (χ4n) is 2.32. The SMILES string of the molecule is CN1CCC(CC2CCN2I)CC1. The first kappa shape index (κ1) is 10.2. The van der Waals surface area contributed by atoms with Gasteiger partial charge >= 0.3 is 0 Å². The van der Waals surface area contributed by atoms with Gasteiger partial charge in [0, 0.05) is 35.5 Å². The smallest absolute Gasteiger partial charge is 0.0209 e. The van der Waals surface area contributed by atoms with Crippen LogP contribution in [0.2, 0.25) is 0 Å². The minimum absolute atomic E-state index is 0.911. The van der Waals surface area contributed by atoms with Crippen LogP contribution in [0, 0.1) is 5.92 Å². The van der Waals surface area contributed by atoms with Gasteiger partial charge < -0.3 is 4.90 Å². The topological polar surface area (TPSA) is 6.48 Å². The molecule has 0 radical (unpaired) electrons. The molecule has 2 fully saturated rings. The lowest BCUT2D eigenvalue weighted by molar-refractivity contribution is 0.153. The lowest BCUT2D eigenvalue weighted by Crippen LogP contribution is -2.43. The van der Waals surface area contributed by atoms with Gasteiger partial charge in [0.15, 0.2) is 0 Å². The van der Waals surface area contributed by atoms with Crippen molar-refractivity contribution in [1.82, 2.24) is 8.01 Å². The summed E-state index contributed by atoms with van der Waals surface area (Å²) in [5, 5.41) is 0. The number of piperidine rings is 1. The zero-order chi connectivity index (χ0) is 9.26. The molecule has 0 bridgehead atoms. The maximum atomic E-state index is 2.48. The van der Waals surface area contributed by atoms with Crippen molar-refractivity contribution in [3.8, 4) is 0 Å². The third kappa shape index (κ3) is 2.57. The van der Waals surface area contributed by atoms with Gasteiger partial charge in [0.05, 0.1) is 0 Å². The quantitative estimate of drug-likeness (QED) is 0.569. The van der Waals surface area contributed by atoms with Gasteiger partial charge in [0.1, 0.15) is 0 Å².